The van der Waals surface area contributed by atoms with Crippen molar-refractivity contribution in [3.63, 3.8) is 0 Å². The van der Waals surface area contributed by atoms with Gasteiger partial charge in [-0.3, -0.25) is 4.98 Å². The predicted molar refractivity (Wildman–Crippen MR) is 74.8 cm³/mol. The molecule has 0 radical (unpaired) electrons. The first-order valence-corrected chi connectivity index (χ1v) is 6.96. The first-order chi connectivity index (χ1) is 9.74. The second-order valence-electron chi connectivity index (χ2n) is 5.59. The number of phenols is 2. The summed E-state index contributed by atoms with van der Waals surface area (Å²) >= 11 is 0. The third-order valence-electron chi connectivity index (χ3n) is 4.47. The number of nitrogens with zero attached hydrogens (tertiary/aromatic N) is 1. The lowest BCUT2D eigenvalue weighted by molar-refractivity contribution is 0.376. The Morgan fingerprint density at radius 1 is 1.15 bits per heavy atom. The van der Waals surface area contributed by atoms with Gasteiger partial charge in [-0.05, 0) is 47.7 Å². The fourth-order valence-electron chi connectivity index (χ4n) is 3.52. The van der Waals surface area contributed by atoms with E-state index in [0.717, 1.165) is 36.2 Å². The topological polar surface area (TPSA) is 65.4 Å². The monoisotopic (exact) mass is 268 g/mol. The van der Waals surface area contributed by atoms with Gasteiger partial charge in [-0.1, -0.05) is 6.07 Å². The molecule has 2 heterocycles. The molecule has 3 N–H and O–H groups in total. The molecule has 4 nitrogen and oxygen atoms in total. The van der Waals surface area contributed by atoms with Gasteiger partial charge in [-0.2, -0.15) is 0 Å². The van der Waals surface area contributed by atoms with Crippen LogP contribution < -0.4 is 5.32 Å². The van der Waals surface area contributed by atoms with E-state index in [1.807, 2.05) is 12.3 Å². The van der Waals surface area contributed by atoms with E-state index in [1.165, 1.54) is 5.56 Å². The first kappa shape index (κ1) is 11.7. The van der Waals surface area contributed by atoms with Crippen LogP contribution in [0.15, 0.2) is 30.5 Å². The summed E-state index contributed by atoms with van der Waals surface area (Å²) in [4.78, 5) is 4.57. The third-order valence-corrected chi connectivity index (χ3v) is 4.47. The number of hydrogen-bond acceptors (Lipinski definition) is 4. The van der Waals surface area contributed by atoms with Crippen molar-refractivity contribution in [3.8, 4) is 11.5 Å². The summed E-state index contributed by atoms with van der Waals surface area (Å²) in [6, 6.07) is 7.80. The number of aryl methyl sites for hydroxylation is 1. The van der Waals surface area contributed by atoms with Crippen molar-refractivity contribution in [3.05, 3.63) is 52.8 Å². The van der Waals surface area contributed by atoms with E-state index in [-0.39, 0.29) is 17.4 Å². The minimum atomic E-state index is -0.0487. The molecule has 0 amide bonds. The average molecular weight is 268 g/mol. The highest BCUT2D eigenvalue weighted by atomic mass is 16.3. The summed E-state index contributed by atoms with van der Waals surface area (Å²) in [7, 11) is 0. The summed E-state index contributed by atoms with van der Waals surface area (Å²) in [6.45, 7) is 0.851. The van der Waals surface area contributed by atoms with Crippen molar-refractivity contribution in [1.29, 1.82) is 0 Å². The molecule has 2 aromatic rings. The highest BCUT2D eigenvalue weighted by molar-refractivity contribution is 5.52. The first-order valence-electron chi connectivity index (χ1n) is 6.96. The summed E-state index contributed by atoms with van der Waals surface area (Å²) < 4.78 is 0. The Morgan fingerprint density at radius 3 is 2.90 bits per heavy atom. The molecule has 1 aliphatic heterocycles. The van der Waals surface area contributed by atoms with Crippen molar-refractivity contribution in [2.45, 2.75) is 31.3 Å². The van der Waals surface area contributed by atoms with Crippen molar-refractivity contribution >= 4 is 0 Å². The molecule has 102 valence electrons. The summed E-state index contributed by atoms with van der Waals surface area (Å²) in [5, 5.41) is 23.1. The van der Waals surface area contributed by atoms with E-state index in [9.17, 15) is 10.2 Å². The van der Waals surface area contributed by atoms with Gasteiger partial charge in [0.25, 0.3) is 0 Å². The summed E-state index contributed by atoms with van der Waals surface area (Å²) in [6.07, 6.45) is 3.77. The van der Waals surface area contributed by atoms with Crippen molar-refractivity contribution in [1.82, 2.24) is 10.3 Å². The van der Waals surface area contributed by atoms with E-state index in [1.54, 1.807) is 12.1 Å². The van der Waals surface area contributed by atoms with Crippen LogP contribution in [0.4, 0.5) is 0 Å². The second kappa shape index (κ2) is 4.21. The van der Waals surface area contributed by atoms with E-state index in [4.69, 9.17) is 0 Å². The SMILES string of the molecule is Oc1cc2c(cc1O)C1c3ncccc3CNC1CC2. The standard InChI is InChI=1S/C16H16N2O2/c19-13-6-9-3-4-12-15(11(9)7-14(13)20)16-10(8-18-12)2-1-5-17-16/h1-2,5-7,12,15,18-20H,3-4,8H2. The molecule has 0 bridgehead atoms. The maximum absolute atomic E-state index is 9.82. The molecule has 4 heteroatoms. The fourth-order valence-corrected chi connectivity index (χ4v) is 3.52. The van der Waals surface area contributed by atoms with Crippen LogP contribution in [-0.4, -0.2) is 21.2 Å². The molecule has 2 unspecified atom stereocenters. The smallest absolute Gasteiger partial charge is 0.157 e. The van der Waals surface area contributed by atoms with Gasteiger partial charge in [0.05, 0.1) is 5.69 Å². The number of benzene rings is 1. The second-order valence-corrected chi connectivity index (χ2v) is 5.59. The normalized spacial score (nSPS) is 23.6. The van der Waals surface area contributed by atoms with Gasteiger partial charge in [-0.15, -0.1) is 0 Å². The van der Waals surface area contributed by atoms with Gasteiger partial charge in [-0.25, -0.2) is 0 Å². The Hall–Kier alpha value is -2.07. The molecule has 20 heavy (non-hydrogen) atoms. The zero-order valence-corrected chi connectivity index (χ0v) is 11.0. The van der Waals surface area contributed by atoms with E-state index < -0.39 is 0 Å². The van der Waals surface area contributed by atoms with Crippen molar-refractivity contribution in [2.24, 2.45) is 0 Å². The zero-order valence-electron chi connectivity index (χ0n) is 11.0. The molecule has 2 aliphatic rings. The lowest BCUT2D eigenvalue weighted by Crippen LogP contribution is -2.43. The minimum absolute atomic E-state index is 0.0350. The highest BCUT2D eigenvalue weighted by Gasteiger charge is 2.36. The number of pyridine rings is 1. The van der Waals surface area contributed by atoms with Gasteiger partial charge in [0, 0.05) is 24.7 Å². The molecule has 1 aliphatic carbocycles. The fraction of sp³-hybridized carbons (Fsp3) is 0.312. The molecule has 0 fully saturated rings. The summed E-state index contributed by atoms with van der Waals surface area (Å²) in [5.41, 5.74) is 4.52. The molecule has 1 aromatic carbocycles. The molecule has 0 spiro atoms. The quantitative estimate of drug-likeness (QED) is 0.640. The molecule has 0 saturated carbocycles. The molecule has 1 aromatic heterocycles. The number of phenolic OH excluding ortho intramolecular Hbond substituents is 2. The highest BCUT2D eigenvalue weighted by Crippen LogP contribution is 2.43. The number of aromatic hydroxyl groups is 2. The minimum Gasteiger partial charge on any atom is -0.504 e. The number of rotatable bonds is 0. The maximum atomic E-state index is 9.82. The largest absolute Gasteiger partial charge is 0.504 e. The van der Waals surface area contributed by atoms with Gasteiger partial charge in [0.2, 0.25) is 0 Å². The average Bonchev–Trinajstić information content (AvgIpc) is 2.48. The number of aromatic nitrogens is 1. The zero-order chi connectivity index (χ0) is 13.7. The Balaban J connectivity index is 1.92. The van der Waals surface area contributed by atoms with Crippen molar-refractivity contribution in [2.75, 3.05) is 0 Å². The number of fused-ring (bicyclic) bond motifs is 5. The molecule has 4 rings (SSSR count). The third kappa shape index (κ3) is 1.61. The molecular formula is C16H16N2O2. The van der Waals surface area contributed by atoms with Crippen LogP contribution in [0.3, 0.4) is 0 Å². The Bertz CT molecular complexity index is 684. The molecule has 2 atom stereocenters. The summed E-state index contributed by atoms with van der Waals surface area (Å²) in [5.74, 6) is 0.0786. The van der Waals surface area contributed by atoms with Gasteiger partial charge < -0.3 is 15.5 Å². The van der Waals surface area contributed by atoms with E-state index >= 15 is 0 Å². The van der Waals surface area contributed by atoms with Crippen LogP contribution in [0, 0.1) is 0 Å². The van der Waals surface area contributed by atoms with E-state index in [2.05, 4.69) is 16.4 Å². The molecular weight excluding hydrogens is 252 g/mol. The Kier molecular flexibility index (Phi) is 2.47. The van der Waals surface area contributed by atoms with E-state index in [0.29, 0.717) is 6.04 Å². The van der Waals surface area contributed by atoms with Crippen LogP contribution in [-0.2, 0) is 13.0 Å². The predicted octanol–water partition coefficient (Wildman–Crippen LogP) is 2.04. The number of hydrogen-bond donors (Lipinski definition) is 3. The Labute approximate surface area is 117 Å². The van der Waals surface area contributed by atoms with Crippen LogP contribution in [0.5, 0.6) is 11.5 Å². The maximum Gasteiger partial charge on any atom is 0.157 e. The Morgan fingerprint density at radius 2 is 2.00 bits per heavy atom. The van der Waals surface area contributed by atoms with Crippen LogP contribution in [0.2, 0.25) is 0 Å². The van der Waals surface area contributed by atoms with Crippen LogP contribution >= 0.6 is 0 Å². The lowest BCUT2D eigenvalue weighted by Gasteiger charge is -2.38. The number of nitrogens with one attached hydrogen (secondary N) is 1. The van der Waals surface area contributed by atoms with Gasteiger partial charge in [0.15, 0.2) is 11.5 Å². The lowest BCUT2D eigenvalue weighted by atomic mass is 9.74. The van der Waals surface area contributed by atoms with Gasteiger partial charge >= 0.3 is 0 Å². The van der Waals surface area contributed by atoms with Gasteiger partial charge in [0.1, 0.15) is 0 Å². The van der Waals surface area contributed by atoms with Crippen molar-refractivity contribution < 1.29 is 10.2 Å². The van der Waals surface area contributed by atoms with Crippen LogP contribution in [0.1, 0.15) is 34.7 Å². The molecule has 0 saturated heterocycles. The van der Waals surface area contributed by atoms with Crippen LogP contribution in [0.25, 0.3) is 0 Å².